The number of hydrogen-bond donors (Lipinski definition) is 1. The molecule has 158 valence electrons. The third kappa shape index (κ3) is 6.67. The van der Waals surface area contributed by atoms with Gasteiger partial charge >= 0.3 is 10.2 Å². The van der Waals surface area contributed by atoms with Crippen molar-refractivity contribution in [3.63, 3.8) is 0 Å². The lowest BCUT2D eigenvalue weighted by molar-refractivity contribution is -0.154. The largest absolute Gasteiger partial charge is 0.381 e. The van der Waals surface area contributed by atoms with Gasteiger partial charge in [0, 0.05) is 45.4 Å². The summed E-state index contributed by atoms with van der Waals surface area (Å²) in [7, 11) is -4.18. The molecule has 0 bridgehead atoms. The lowest BCUT2D eigenvalue weighted by Crippen LogP contribution is -2.50. The van der Waals surface area contributed by atoms with Gasteiger partial charge in [-0.25, -0.2) is 0 Å². The molecule has 0 aromatic heterocycles. The number of carbonyl (C=O) groups is 1. The summed E-state index contributed by atoms with van der Waals surface area (Å²) < 4.78 is 37.2. The summed E-state index contributed by atoms with van der Waals surface area (Å²) in [6.45, 7) is 4.98. The van der Waals surface area contributed by atoms with E-state index in [9.17, 15) is 18.4 Å². The lowest BCUT2D eigenvalue weighted by Gasteiger charge is -2.33. The molecule has 0 spiro atoms. The molecule has 0 aromatic rings. The van der Waals surface area contributed by atoms with E-state index >= 15 is 0 Å². The minimum atomic E-state index is -4.18. The van der Waals surface area contributed by atoms with Gasteiger partial charge in [-0.2, -0.15) is 12.7 Å². The van der Waals surface area contributed by atoms with Crippen molar-refractivity contribution in [2.45, 2.75) is 58.3 Å². The maximum atomic E-state index is 12.6. The average Bonchev–Trinajstić information content (AvgIpc) is 2.70. The van der Waals surface area contributed by atoms with Crippen molar-refractivity contribution in [2.24, 2.45) is 11.8 Å². The van der Waals surface area contributed by atoms with Crippen molar-refractivity contribution in [1.82, 2.24) is 8.77 Å². The van der Waals surface area contributed by atoms with Crippen molar-refractivity contribution >= 4 is 16.1 Å². The number of carbonyl (C=O) groups excluding carboxylic acids is 1. The summed E-state index contributed by atoms with van der Waals surface area (Å²) in [4.78, 5) is 12.3. The molecule has 2 heterocycles. The molecule has 2 rings (SSSR count). The first-order valence-electron chi connectivity index (χ1n) is 10.2. The molecule has 2 saturated heterocycles. The molecule has 0 aliphatic carbocycles. The summed E-state index contributed by atoms with van der Waals surface area (Å²) in [5.74, 6) is -0.936. The van der Waals surface area contributed by atoms with Crippen molar-refractivity contribution in [3.8, 4) is 0 Å². The van der Waals surface area contributed by atoms with Crippen LogP contribution in [0.3, 0.4) is 0 Å². The molecule has 1 amide bonds. The quantitative estimate of drug-likeness (QED) is 0.339. The number of rotatable bonds is 10. The van der Waals surface area contributed by atoms with E-state index in [0.29, 0.717) is 64.5 Å². The Morgan fingerprint density at radius 3 is 2.44 bits per heavy atom. The Labute approximate surface area is 162 Å². The SMILES string of the molecule is CCCCCCOCC1CCN(S(=O)(=O)N(O)C(=O)C2CCOCC2)CC1. The second kappa shape index (κ2) is 11.3. The second-order valence-electron chi connectivity index (χ2n) is 7.45. The van der Waals surface area contributed by atoms with Crippen molar-refractivity contribution in [3.05, 3.63) is 0 Å². The maximum Gasteiger partial charge on any atom is 0.329 e. The van der Waals surface area contributed by atoms with Crippen LogP contribution in [0.25, 0.3) is 0 Å². The zero-order chi connectivity index (χ0) is 19.7. The third-order valence-corrected chi connectivity index (χ3v) is 7.01. The van der Waals surface area contributed by atoms with Gasteiger partial charge in [-0.05, 0) is 38.0 Å². The van der Waals surface area contributed by atoms with E-state index in [0.717, 1.165) is 13.0 Å². The van der Waals surface area contributed by atoms with Crippen LogP contribution in [0.1, 0.15) is 58.3 Å². The van der Waals surface area contributed by atoms with E-state index in [1.54, 1.807) is 0 Å². The minimum Gasteiger partial charge on any atom is -0.381 e. The highest BCUT2D eigenvalue weighted by molar-refractivity contribution is 7.87. The topological polar surface area (TPSA) is 96.4 Å². The van der Waals surface area contributed by atoms with E-state index < -0.39 is 22.0 Å². The monoisotopic (exact) mass is 406 g/mol. The van der Waals surface area contributed by atoms with Gasteiger partial charge in [0.15, 0.2) is 0 Å². The summed E-state index contributed by atoms with van der Waals surface area (Å²) in [6, 6.07) is 0. The van der Waals surface area contributed by atoms with Crippen LogP contribution in [0.5, 0.6) is 0 Å². The molecule has 0 aromatic carbocycles. The molecular formula is C18H34N2O6S. The van der Waals surface area contributed by atoms with E-state index in [4.69, 9.17) is 9.47 Å². The molecule has 27 heavy (non-hydrogen) atoms. The average molecular weight is 407 g/mol. The summed E-state index contributed by atoms with van der Waals surface area (Å²) in [5, 5.41) is 10.0. The highest BCUT2D eigenvalue weighted by Gasteiger charge is 2.38. The van der Waals surface area contributed by atoms with Crippen LogP contribution >= 0.6 is 0 Å². The number of hydrogen-bond acceptors (Lipinski definition) is 6. The first-order chi connectivity index (χ1) is 13.0. The van der Waals surface area contributed by atoms with Crippen LogP contribution in [-0.4, -0.2) is 67.8 Å². The van der Waals surface area contributed by atoms with Gasteiger partial charge in [-0.1, -0.05) is 30.7 Å². The molecule has 0 unspecified atom stereocenters. The van der Waals surface area contributed by atoms with Gasteiger partial charge in [0.1, 0.15) is 0 Å². The zero-order valence-corrected chi connectivity index (χ0v) is 17.2. The first kappa shape index (κ1) is 22.5. The predicted molar refractivity (Wildman–Crippen MR) is 100 cm³/mol. The maximum absolute atomic E-state index is 12.6. The molecule has 2 aliphatic rings. The Hall–Kier alpha value is -0.740. The van der Waals surface area contributed by atoms with Gasteiger partial charge < -0.3 is 9.47 Å². The highest BCUT2D eigenvalue weighted by Crippen LogP contribution is 2.24. The van der Waals surface area contributed by atoms with Crippen LogP contribution in [0.15, 0.2) is 0 Å². The van der Waals surface area contributed by atoms with E-state index in [1.807, 2.05) is 0 Å². The van der Waals surface area contributed by atoms with Crippen LogP contribution in [0, 0.1) is 11.8 Å². The molecule has 2 fully saturated rings. The minimum absolute atomic E-state index is 0.0481. The fourth-order valence-electron chi connectivity index (χ4n) is 3.51. The Bertz CT molecular complexity index is 542. The van der Waals surface area contributed by atoms with Gasteiger partial charge in [0.25, 0.3) is 5.91 Å². The molecule has 2 aliphatic heterocycles. The fraction of sp³-hybridized carbons (Fsp3) is 0.944. The first-order valence-corrected chi connectivity index (χ1v) is 11.5. The van der Waals surface area contributed by atoms with Gasteiger partial charge in [-0.15, -0.1) is 0 Å². The van der Waals surface area contributed by atoms with Crippen molar-refractivity contribution in [2.75, 3.05) is 39.5 Å². The Kier molecular flexibility index (Phi) is 9.44. The number of hydroxylamine groups is 1. The molecule has 0 radical (unpaired) electrons. The predicted octanol–water partition coefficient (Wildman–Crippen LogP) is 2.18. The number of nitrogens with zero attached hydrogens (tertiary/aromatic N) is 2. The Morgan fingerprint density at radius 2 is 1.81 bits per heavy atom. The van der Waals surface area contributed by atoms with Gasteiger partial charge in [-0.3, -0.25) is 10.0 Å². The smallest absolute Gasteiger partial charge is 0.329 e. The third-order valence-electron chi connectivity index (χ3n) is 5.37. The summed E-state index contributed by atoms with van der Waals surface area (Å²) >= 11 is 0. The number of ether oxygens (including phenoxy) is 2. The number of unbranched alkanes of at least 4 members (excludes halogenated alkanes) is 3. The molecule has 0 atom stereocenters. The van der Waals surface area contributed by atoms with Crippen LogP contribution in [-0.2, 0) is 24.5 Å². The molecule has 1 N–H and O–H groups in total. The number of piperidine rings is 1. The van der Waals surface area contributed by atoms with E-state index in [-0.39, 0.29) is 4.47 Å². The van der Waals surface area contributed by atoms with Gasteiger partial charge in [0.05, 0.1) is 0 Å². The van der Waals surface area contributed by atoms with Crippen LogP contribution in [0.2, 0.25) is 0 Å². The van der Waals surface area contributed by atoms with Gasteiger partial charge in [0.2, 0.25) is 0 Å². The standard InChI is InChI=1S/C18H34N2O6S/c1-2-3-4-5-12-26-15-16-6-10-19(11-7-16)27(23,24)20(22)18(21)17-8-13-25-14-9-17/h16-17,22H,2-15H2,1H3. The van der Waals surface area contributed by atoms with Crippen molar-refractivity contribution in [1.29, 1.82) is 0 Å². The van der Waals surface area contributed by atoms with E-state index in [2.05, 4.69) is 6.92 Å². The van der Waals surface area contributed by atoms with E-state index in [1.165, 1.54) is 23.6 Å². The summed E-state index contributed by atoms with van der Waals surface area (Å²) in [6.07, 6.45) is 6.89. The normalized spacial score (nSPS) is 20.7. The highest BCUT2D eigenvalue weighted by atomic mass is 32.2. The fourth-order valence-corrected chi connectivity index (χ4v) is 4.78. The molecular weight excluding hydrogens is 372 g/mol. The molecule has 0 saturated carbocycles. The van der Waals surface area contributed by atoms with Crippen molar-refractivity contribution < 1.29 is 27.9 Å². The zero-order valence-electron chi connectivity index (χ0n) is 16.3. The number of amides is 1. The summed E-state index contributed by atoms with van der Waals surface area (Å²) in [5.41, 5.74) is 0. The Morgan fingerprint density at radius 1 is 1.15 bits per heavy atom. The second-order valence-corrected chi connectivity index (χ2v) is 9.21. The Balaban J connectivity index is 1.74. The van der Waals surface area contributed by atoms with Crippen LogP contribution < -0.4 is 0 Å². The molecule has 8 nitrogen and oxygen atoms in total. The van der Waals surface area contributed by atoms with Crippen LogP contribution in [0.4, 0.5) is 0 Å². The lowest BCUT2D eigenvalue weighted by atomic mass is 9.99. The molecule has 9 heteroatoms.